The van der Waals surface area contributed by atoms with Crippen LogP contribution in [0.5, 0.6) is 0 Å². The number of hydrogen-bond donors (Lipinski definition) is 2. The van der Waals surface area contributed by atoms with Crippen LogP contribution >= 0.6 is 15.9 Å². The van der Waals surface area contributed by atoms with Crippen LogP contribution < -0.4 is 11.5 Å². The molecule has 1 aliphatic rings. The van der Waals surface area contributed by atoms with E-state index in [9.17, 15) is 9.59 Å². The van der Waals surface area contributed by atoms with Gasteiger partial charge in [-0.15, -0.1) is 0 Å². The van der Waals surface area contributed by atoms with Gasteiger partial charge in [0.25, 0.3) is 5.91 Å². The molecule has 19 heavy (non-hydrogen) atoms. The first-order valence-electron chi connectivity index (χ1n) is 6.12. The quantitative estimate of drug-likeness (QED) is 0.805. The fraction of sp³-hybridized carbons (Fsp3) is 0.385. The van der Waals surface area contributed by atoms with Gasteiger partial charge in [0.05, 0.1) is 5.56 Å². The summed E-state index contributed by atoms with van der Waals surface area (Å²) in [6.07, 6.45) is 1.24. The molecule has 0 spiro atoms. The second-order valence-corrected chi connectivity index (χ2v) is 5.62. The summed E-state index contributed by atoms with van der Waals surface area (Å²) in [6.45, 7) is 1.08. The van der Waals surface area contributed by atoms with Crippen molar-refractivity contribution in [3.8, 4) is 0 Å². The molecule has 5 nitrogen and oxygen atoms in total. The fourth-order valence-corrected chi connectivity index (χ4v) is 2.61. The van der Waals surface area contributed by atoms with E-state index in [0.29, 0.717) is 37.2 Å². The van der Waals surface area contributed by atoms with E-state index in [2.05, 4.69) is 15.9 Å². The maximum atomic E-state index is 12.4. The molecule has 1 aromatic rings. The van der Waals surface area contributed by atoms with E-state index in [4.69, 9.17) is 11.5 Å². The molecule has 2 rings (SSSR count). The molecule has 6 heteroatoms. The molecule has 1 heterocycles. The number of primary amides is 1. The van der Waals surface area contributed by atoms with Crippen LogP contribution in [-0.4, -0.2) is 29.8 Å². The van der Waals surface area contributed by atoms with Gasteiger partial charge in [-0.1, -0.05) is 15.9 Å². The normalized spacial score (nSPS) is 16.4. The predicted molar refractivity (Wildman–Crippen MR) is 76.4 cm³/mol. The Kier molecular flexibility index (Phi) is 4.09. The number of nitrogens with zero attached hydrogens (tertiary/aromatic N) is 1. The van der Waals surface area contributed by atoms with Crippen molar-refractivity contribution in [3.05, 3.63) is 28.2 Å². The molecular formula is C13H16BrN3O2. The van der Waals surface area contributed by atoms with E-state index in [-0.39, 0.29) is 17.7 Å². The van der Waals surface area contributed by atoms with Crippen LogP contribution in [-0.2, 0) is 4.79 Å². The van der Waals surface area contributed by atoms with Gasteiger partial charge in [0.15, 0.2) is 0 Å². The fourth-order valence-electron chi connectivity index (χ4n) is 2.25. The molecule has 1 aliphatic heterocycles. The summed E-state index contributed by atoms with van der Waals surface area (Å²) in [4.78, 5) is 25.2. The third kappa shape index (κ3) is 3.07. The average Bonchev–Trinajstić information content (AvgIpc) is 2.41. The van der Waals surface area contributed by atoms with Crippen LogP contribution in [0.2, 0.25) is 0 Å². The van der Waals surface area contributed by atoms with Crippen molar-refractivity contribution in [1.82, 2.24) is 4.90 Å². The van der Waals surface area contributed by atoms with Crippen molar-refractivity contribution in [2.45, 2.75) is 12.8 Å². The number of benzene rings is 1. The van der Waals surface area contributed by atoms with Crippen LogP contribution in [0.1, 0.15) is 23.2 Å². The summed E-state index contributed by atoms with van der Waals surface area (Å²) in [7, 11) is 0. The lowest BCUT2D eigenvalue weighted by Crippen LogP contribution is -2.41. The number of carbonyl (C=O) groups excluding carboxylic acids is 2. The monoisotopic (exact) mass is 325 g/mol. The SMILES string of the molecule is NC(=O)C1CCN(C(=O)c2cc(Br)ccc2N)CC1. The Morgan fingerprint density at radius 3 is 2.47 bits per heavy atom. The second-order valence-electron chi connectivity index (χ2n) is 4.70. The van der Waals surface area contributed by atoms with E-state index >= 15 is 0 Å². The van der Waals surface area contributed by atoms with E-state index in [1.807, 2.05) is 0 Å². The van der Waals surface area contributed by atoms with E-state index < -0.39 is 0 Å². The average molecular weight is 326 g/mol. The van der Waals surface area contributed by atoms with Gasteiger partial charge in [0.1, 0.15) is 0 Å². The lowest BCUT2D eigenvalue weighted by Gasteiger charge is -2.30. The number of nitrogen functional groups attached to an aromatic ring is 1. The van der Waals surface area contributed by atoms with Gasteiger partial charge in [-0.25, -0.2) is 0 Å². The highest BCUT2D eigenvalue weighted by molar-refractivity contribution is 9.10. The van der Waals surface area contributed by atoms with Crippen LogP contribution in [0.3, 0.4) is 0 Å². The van der Waals surface area contributed by atoms with E-state index in [0.717, 1.165) is 4.47 Å². The number of anilines is 1. The lowest BCUT2D eigenvalue weighted by atomic mass is 9.96. The standard InChI is InChI=1S/C13H16BrN3O2/c14-9-1-2-11(15)10(7-9)13(19)17-5-3-8(4-6-17)12(16)18/h1-2,7-8H,3-6,15H2,(H2,16,18). The van der Waals surface area contributed by atoms with Crippen LogP contribution in [0.25, 0.3) is 0 Å². The van der Waals surface area contributed by atoms with Crippen molar-refractivity contribution in [3.63, 3.8) is 0 Å². The van der Waals surface area contributed by atoms with Crippen molar-refractivity contribution in [2.24, 2.45) is 11.7 Å². The van der Waals surface area contributed by atoms with Gasteiger partial charge < -0.3 is 16.4 Å². The third-order valence-corrected chi connectivity index (χ3v) is 3.92. The predicted octanol–water partition coefficient (Wildman–Crippen LogP) is 1.37. The van der Waals surface area contributed by atoms with E-state index in [1.54, 1.807) is 23.1 Å². The smallest absolute Gasteiger partial charge is 0.255 e. The number of nitrogens with two attached hydrogens (primary N) is 2. The minimum Gasteiger partial charge on any atom is -0.398 e. The zero-order valence-electron chi connectivity index (χ0n) is 10.4. The molecule has 1 fully saturated rings. The topological polar surface area (TPSA) is 89.4 Å². The minimum absolute atomic E-state index is 0.0956. The number of amides is 2. The zero-order valence-corrected chi connectivity index (χ0v) is 12.0. The molecule has 1 aromatic carbocycles. The Balaban J connectivity index is 2.09. The zero-order chi connectivity index (χ0) is 14.0. The van der Waals surface area contributed by atoms with Crippen molar-refractivity contribution < 1.29 is 9.59 Å². The number of piperidine rings is 1. The Morgan fingerprint density at radius 1 is 1.26 bits per heavy atom. The molecule has 0 aromatic heterocycles. The summed E-state index contributed by atoms with van der Waals surface area (Å²) in [5.74, 6) is -0.500. The Labute approximate surface area is 120 Å². The number of hydrogen-bond acceptors (Lipinski definition) is 3. The number of rotatable bonds is 2. The Hall–Kier alpha value is -1.56. The van der Waals surface area contributed by atoms with Crippen molar-refractivity contribution >= 4 is 33.4 Å². The molecule has 0 unspecified atom stereocenters. The lowest BCUT2D eigenvalue weighted by molar-refractivity contribution is -0.123. The first kappa shape index (κ1) is 13.9. The summed E-state index contributed by atoms with van der Waals surface area (Å²) < 4.78 is 0.817. The molecular weight excluding hydrogens is 310 g/mol. The minimum atomic E-state index is -0.283. The first-order valence-corrected chi connectivity index (χ1v) is 6.92. The van der Waals surface area contributed by atoms with Crippen LogP contribution in [0.4, 0.5) is 5.69 Å². The van der Waals surface area contributed by atoms with Gasteiger partial charge >= 0.3 is 0 Å². The highest BCUT2D eigenvalue weighted by Gasteiger charge is 2.27. The van der Waals surface area contributed by atoms with Gasteiger partial charge in [0.2, 0.25) is 5.91 Å². The highest BCUT2D eigenvalue weighted by atomic mass is 79.9. The molecule has 0 radical (unpaired) electrons. The summed E-state index contributed by atoms with van der Waals surface area (Å²) in [5, 5.41) is 0. The van der Waals surface area contributed by atoms with Gasteiger partial charge in [-0.2, -0.15) is 0 Å². The number of carbonyl (C=O) groups is 2. The molecule has 1 saturated heterocycles. The summed E-state index contributed by atoms with van der Waals surface area (Å²) in [5.41, 5.74) is 12.1. The molecule has 2 amide bonds. The molecule has 0 bridgehead atoms. The molecule has 0 atom stereocenters. The van der Waals surface area contributed by atoms with Gasteiger partial charge in [-0.3, -0.25) is 9.59 Å². The first-order chi connectivity index (χ1) is 8.99. The van der Waals surface area contributed by atoms with Crippen LogP contribution in [0, 0.1) is 5.92 Å². The molecule has 102 valence electrons. The summed E-state index contributed by atoms with van der Waals surface area (Å²) >= 11 is 3.33. The molecule has 4 N–H and O–H groups in total. The second kappa shape index (κ2) is 5.61. The Bertz CT molecular complexity index is 511. The maximum Gasteiger partial charge on any atom is 0.255 e. The third-order valence-electron chi connectivity index (χ3n) is 3.43. The van der Waals surface area contributed by atoms with Crippen molar-refractivity contribution in [1.29, 1.82) is 0 Å². The van der Waals surface area contributed by atoms with Crippen LogP contribution in [0.15, 0.2) is 22.7 Å². The largest absolute Gasteiger partial charge is 0.398 e. The van der Waals surface area contributed by atoms with E-state index in [1.165, 1.54) is 0 Å². The van der Waals surface area contributed by atoms with Gasteiger partial charge in [0, 0.05) is 29.2 Å². The summed E-state index contributed by atoms with van der Waals surface area (Å²) in [6, 6.07) is 5.22. The molecule has 0 saturated carbocycles. The maximum absolute atomic E-state index is 12.4. The molecule has 0 aliphatic carbocycles. The van der Waals surface area contributed by atoms with Gasteiger partial charge in [-0.05, 0) is 31.0 Å². The number of likely N-dealkylation sites (tertiary alicyclic amines) is 1. The Morgan fingerprint density at radius 2 is 1.89 bits per heavy atom. The highest BCUT2D eigenvalue weighted by Crippen LogP contribution is 2.23. The van der Waals surface area contributed by atoms with Crippen molar-refractivity contribution in [2.75, 3.05) is 18.8 Å². The number of halogens is 1.